The highest BCUT2D eigenvalue weighted by atomic mass is 16.5. The molecule has 1 amide bonds. The number of benzene rings is 1. The Bertz CT molecular complexity index is 634. The van der Waals surface area contributed by atoms with Gasteiger partial charge >= 0.3 is 5.97 Å². The fourth-order valence-corrected chi connectivity index (χ4v) is 1.73. The minimum absolute atomic E-state index is 0.272. The minimum Gasteiger partial charge on any atom is -0.497 e. The molecule has 2 N–H and O–H groups in total. The van der Waals surface area contributed by atoms with E-state index in [2.05, 4.69) is 10.4 Å². The van der Waals surface area contributed by atoms with Gasteiger partial charge in [-0.15, -0.1) is 0 Å². The fraction of sp³-hybridized carbons (Fsp3) is 0.214. The number of carboxylic acids is 1. The van der Waals surface area contributed by atoms with Crippen LogP contribution in [-0.4, -0.2) is 33.9 Å². The largest absolute Gasteiger partial charge is 0.497 e. The monoisotopic (exact) mass is 289 g/mol. The van der Waals surface area contributed by atoms with Crippen molar-refractivity contribution in [3.8, 4) is 5.75 Å². The lowest BCUT2D eigenvalue weighted by atomic mass is 10.2. The molecule has 0 radical (unpaired) electrons. The molecule has 0 fully saturated rings. The van der Waals surface area contributed by atoms with Crippen molar-refractivity contribution < 1.29 is 19.4 Å². The number of carboxylic acid groups (broad SMARTS) is 1. The molecule has 7 heteroatoms. The number of hydrogen-bond donors (Lipinski definition) is 2. The molecule has 21 heavy (non-hydrogen) atoms. The van der Waals surface area contributed by atoms with Gasteiger partial charge < -0.3 is 15.2 Å². The van der Waals surface area contributed by atoms with E-state index in [9.17, 15) is 9.59 Å². The molecule has 110 valence electrons. The number of carbonyl (C=O) groups is 2. The molecule has 0 aliphatic heterocycles. The summed E-state index contributed by atoms with van der Waals surface area (Å²) in [7, 11) is 1.59. The summed E-state index contributed by atoms with van der Waals surface area (Å²) < 4.78 is 6.25. The van der Waals surface area contributed by atoms with E-state index in [-0.39, 0.29) is 12.5 Å². The molecular formula is C14H15N3O4. The summed E-state index contributed by atoms with van der Waals surface area (Å²) in [6.45, 7) is 0.0959. The smallest absolute Gasteiger partial charge is 0.325 e. The van der Waals surface area contributed by atoms with Crippen molar-refractivity contribution in [3.05, 3.63) is 47.8 Å². The van der Waals surface area contributed by atoms with Gasteiger partial charge in [-0.3, -0.25) is 14.3 Å². The first-order valence-corrected chi connectivity index (χ1v) is 6.24. The molecule has 0 aliphatic rings. The zero-order valence-electron chi connectivity index (χ0n) is 11.4. The second-order valence-corrected chi connectivity index (χ2v) is 4.35. The van der Waals surface area contributed by atoms with E-state index in [1.165, 1.54) is 17.1 Å². The van der Waals surface area contributed by atoms with Crippen LogP contribution in [0.1, 0.15) is 15.9 Å². The second kappa shape index (κ2) is 6.56. The van der Waals surface area contributed by atoms with Gasteiger partial charge in [0, 0.05) is 12.7 Å². The predicted octanol–water partition coefficient (Wildman–Crippen LogP) is 0.906. The lowest BCUT2D eigenvalue weighted by Gasteiger charge is -2.05. The van der Waals surface area contributed by atoms with Crippen LogP contribution in [-0.2, 0) is 17.9 Å². The summed E-state index contributed by atoms with van der Waals surface area (Å²) >= 11 is 0. The molecule has 0 atom stereocenters. The van der Waals surface area contributed by atoms with E-state index < -0.39 is 5.97 Å². The molecule has 0 unspecified atom stereocenters. The molecule has 2 aromatic rings. The van der Waals surface area contributed by atoms with Gasteiger partial charge in [0.15, 0.2) is 0 Å². The highest BCUT2D eigenvalue weighted by Gasteiger charge is 2.09. The summed E-state index contributed by atoms with van der Waals surface area (Å²) in [5.74, 6) is -0.564. The fourth-order valence-electron chi connectivity index (χ4n) is 1.73. The first-order valence-electron chi connectivity index (χ1n) is 6.24. The number of rotatable bonds is 6. The SMILES string of the molecule is COc1ccc(CNC(=O)c2cnn(CC(=O)O)c2)cc1. The van der Waals surface area contributed by atoms with Crippen molar-refractivity contribution >= 4 is 11.9 Å². The number of methoxy groups -OCH3 is 1. The second-order valence-electron chi connectivity index (χ2n) is 4.35. The maximum Gasteiger partial charge on any atom is 0.325 e. The predicted molar refractivity (Wildman–Crippen MR) is 74.0 cm³/mol. The molecule has 0 aliphatic carbocycles. The van der Waals surface area contributed by atoms with Crippen LogP contribution < -0.4 is 10.1 Å². The third-order valence-corrected chi connectivity index (χ3v) is 2.80. The van der Waals surface area contributed by atoms with Gasteiger partial charge in [-0.05, 0) is 17.7 Å². The molecule has 1 heterocycles. The van der Waals surface area contributed by atoms with Crippen molar-refractivity contribution in [1.29, 1.82) is 0 Å². The zero-order chi connectivity index (χ0) is 15.2. The van der Waals surface area contributed by atoms with Crippen molar-refractivity contribution in [2.75, 3.05) is 7.11 Å². The zero-order valence-corrected chi connectivity index (χ0v) is 11.4. The molecule has 0 saturated carbocycles. The first kappa shape index (κ1) is 14.6. The maximum absolute atomic E-state index is 11.9. The highest BCUT2D eigenvalue weighted by Crippen LogP contribution is 2.11. The van der Waals surface area contributed by atoms with E-state index in [0.29, 0.717) is 12.1 Å². The van der Waals surface area contributed by atoms with Crippen LogP contribution in [0.5, 0.6) is 5.75 Å². The number of ether oxygens (including phenoxy) is 1. The molecule has 1 aromatic carbocycles. The van der Waals surface area contributed by atoms with Crippen LogP contribution >= 0.6 is 0 Å². The number of carbonyl (C=O) groups excluding carboxylic acids is 1. The average Bonchev–Trinajstić information content (AvgIpc) is 2.93. The summed E-state index contributed by atoms with van der Waals surface area (Å²) in [4.78, 5) is 22.4. The number of nitrogens with one attached hydrogen (secondary N) is 1. The van der Waals surface area contributed by atoms with Gasteiger partial charge in [0.05, 0.1) is 18.9 Å². The summed E-state index contributed by atoms with van der Waals surface area (Å²) in [5.41, 5.74) is 1.26. The Morgan fingerprint density at radius 2 is 2.05 bits per heavy atom. The van der Waals surface area contributed by atoms with Crippen LogP contribution in [0.2, 0.25) is 0 Å². The van der Waals surface area contributed by atoms with Gasteiger partial charge in [0.1, 0.15) is 12.3 Å². The van der Waals surface area contributed by atoms with Crippen molar-refractivity contribution in [3.63, 3.8) is 0 Å². The Balaban J connectivity index is 1.91. The topological polar surface area (TPSA) is 93.5 Å². The number of aliphatic carboxylic acids is 1. The first-order chi connectivity index (χ1) is 10.1. The van der Waals surface area contributed by atoms with E-state index in [0.717, 1.165) is 11.3 Å². The van der Waals surface area contributed by atoms with Crippen molar-refractivity contribution in [2.24, 2.45) is 0 Å². The number of aromatic nitrogens is 2. The van der Waals surface area contributed by atoms with Crippen LogP contribution in [0.4, 0.5) is 0 Å². The van der Waals surface area contributed by atoms with Crippen LogP contribution in [0.15, 0.2) is 36.7 Å². The minimum atomic E-state index is -1.01. The summed E-state index contributed by atoms with van der Waals surface area (Å²) in [6, 6.07) is 7.33. The van der Waals surface area contributed by atoms with Crippen molar-refractivity contribution in [2.45, 2.75) is 13.1 Å². The van der Waals surface area contributed by atoms with Crippen LogP contribution in [0.25, 0.3) is 0 Å². The Morgan fingerprint density at radius 3 is 2.67 bits per heavy atom. The van der Waals surface area contributed by atoms with Gasteiger partial charge in [-0.2, -0.15) is 5.10 Å². The normalized spacial score (nSPS) is 10.1. The molecule has 0 bridgehead atoms. The van der Waals surface area contributed by atoms with E-state index in [4.69, 9.17) is 9.84 Å². The Kier molecular flexibility index (Phi) is 4.55. The Morgan fingerprint density at radius 1 is 1.33 bits per heavy atom. The van der Waals surface area contributed by atoms with E-state index >= 15 is 0 Å². The number of hydrogen-bond acceptors (Lipinski definition) is 4. The molecular weight excluding hydrogens is 274 g/mol. The molecule has 0 saturated heterocycles. The Labute approximate surface area is 121 Å². The molecule has 7 nitrogen and oxygen atoms in total. The quantitative estimate of drug-likeness (QED) is 0.824. The number of amides is 1. The molecule has 1 aromatic heterocycles. The maximum atomic E-state index is 11.9. The van der Waals surface area contributed by atoms with Gasteiger partial charge in [0.25, 0.3) is 5.91 Å². The highest BCUT2D eigenvalue weighted by molar-refractivity contribution is 5.93. The summed E-state index contributed by atoms with van der Waals surface area (Å²) in [5, 5.41) is 15.2. The third kappa shape index (κ3) is 4.07. The standard InChI is InChI=1S/C14H15N3O4/c1-21-12-4-2-10(3-5-12)6-15-14(20)11-7-16-17(8-11)9-13(18)19/h2-5,7-8H,6,9H2,1H3,(H,15,20)(H,18,19). The van der Waals surface area contributed by atoms with Gasteiger partial charge in [0.2, 0.25) is 0 Å². The van der Waals surface area contributed by atoms with Crippen LogP contribution in [0, 0.1) is 0 Å². The van der Waals surface area contributed by atoms with Gasteiger partial charge in [-0.1, -0.05) is 12.1 Å². The van der Waals surface area contributed by atoms with Gasteiger partial charge in [-0.25, -0.2) is 0 Å². The third-order valence-electron chi connectivity index (χ3n) is 2.80. The number of nitrogens with zero attached hydrogens (tertiary/aromatic N) is 2. The average molecular weight is 289 g/mol. The summed E-state index contributed by atoms with van der Waals surface area (Å²) in [6.07, 6.45) is 2.74. The lowest BCUT2D eigenvalue weighted by Crippen LogP contribution is -2.22. The van der Waals surface area contributed by atoms with Crippen LogP contribution in [0.3, 0.4) is 0 Å². The Hall–Kier alpha value is -2.83. The lowest BCUT2D eigenvalue weighted by molar-refractivity contribution is -0.137. The molecule has 0 spiro atoms. The van der Waals surface area contributed by atoms with E-state index in [1.54, 1.807) is 7.11 Å². The molecule has 2 rings (SSSR count). The van der Waals surface area contributed by atoms with E-state index in [1.807, 2.05) is 24.3 Å². The van der Waals surface area contributed by atoms with Crippen molar-refractivity contribution in [1.82, 2.24) is 15.1 Å².